The minimum absolute atomic E-state index is 0.0243. The fraction of sp³-hybridized carbons (Fsp3) is 0.500. The first kappa shape index (κ1) is 12.9. The van der Waals surface area contributed by atoms with E-state index in [0.717, 1.165) is 31.6 Å². The molecule has 1 saturated heterocycles. The van der Waals surface area contributed by atoms with Gasteiger partial charge in [0.1, 0.15) is 0 Å². The van der Waals surface area contributed by atoms with Crippen molar-refractivity contribution in [2.75, 3.05) is 18.0 Å². The summed E-state index contributed by atoms with van der Waals surface area (Å²) in [4.78, 5) is 18.4. The Labute approximate surface area is 117 Å². The molecule has 20 heavy (non-hydrogen) atoms. The molecular weight excluding hydrogens is 254 g/mol. The number of nitrogens with zero attached hydrogens (tertiary/aromatic N) is 5. The van der Waals surface area contributed by atoms with E-state index in [2.05, 4.69) is 21.0 Å². The smallest absolute Gasteiger partial charge is 0.293 e. The Bertz CT molecular complexity index is 652. The molecule has 0 amide bonds. The van der Waals surface area contributed by atoms with Gasteiger partial charge in [0.25, 0.3) is 5.56 Å². The lowest BCUT2D eigenvalue weighted by Gasteiger charge is -2.31. The van der Waals surface area contributed by atoms with Crippen LogP contribution in [0, 0.1) is 0 Å². The highest BCUT2D eigenvalue weighted by Crippen LogP contribution is 2.27. The zero-order chi connectivity index (χ0) is 14.1. The Morgan fingerprint density at radius 3 is 2.60 bits per heavy atom. The maximum absolute atomic E-state index is 12.1. The van der Waals surface area contributed by atoms with Crippen LogP contribution >= 0.6 is 0 Å². The Morgan fingerprint density at radius 1 is 1.20 bits per heavy atom. The van der Waals surface area contributed by atoms with E-state index in [1.807, 2.05) is 17.9 Å². The molecule has 0 atom stereocenters. The summed E-state index contributed by atoms with van der Waals surface area (Å²) in [5.41, 5.74) is 1.13. The van der Waals surface area contributed by atoms with Gasteiger partial charge in [-0.15, -0.1) is 0 Å². The van der Waals surface area contributed by atoms with E-state index < -0.39 is 0 Å². The molecule has 0 bridgehead atoms. The van der Waals surface area contributed by atoms with Crippen molar-refractivity contribution in [2.45, 2.75) is 18.8 Å². The fourth-order valence-corrected chi connectivity index (χ4v) is 2.74. The second kappa shape index (κ2) is 5.11. The molecule has 3 heterocycles. The van der Waals surface area contributed by atoms with Gasteiger partial charge in [-0.25, -0.2) is 4.98 Å². The number of anilines is 1. The second-order valence-electron chi connectivity index (χ2n) is 5.34. The molecule has 1 aliphatic heterocycles. The largest absolute Gasteiger partial charge is 0.352 e. The number of piperidine rings is 1. The van der Waals surface area contributed by atoms with Gasteiger partial charge in [0, 0.05) is 51.7 Å². The van der Waals surface area contributed by atoms with Crippen molar-refractivity contribution >= 4 is 5.82 Å². The average molecular weight is 273 g/mol. The molecular formula is C14H19N5O. The SMILES string of the molecule is Cn1ccc(C2CCN(c3nccn(C)c3=O)CC2)n1. The highest BCUT2D eigenvalue weighted by Gasteiger charge is 2.24. The number of aromatic nitrogens is 4. The maximum Gasteiger partial charge on any atom is 0.293 e. The van der Waals surface area contributed by atoms with E-state index >= 15 is 0 Å². The van der Waals surface area contributed by atoms with Crippen LogP contribution in [-0.2, 0) is 14.1 Å². The van der Waals surface area contributed by atoms with Crippen molar-refractivity contribution in [3.05, 3.63) is 40.7 Å². The summed E-state index contributed by atoms with van der Waals surface area (Å²) in [6, 6.07) is 2.08. The van der Waals surface area contributed by atoms with Crippen LogP contribution in [0.4, 0.5) is 5.82 Å². The van der Waals surface area contributed by atoms with Crippen molar-refractivity contribution in [3.8, 4) is 0 Å². The van der Waals surface area contributed by atoms with E-state index in [1.165, 1.54) is 0 Å². The van der Waals surface area contributed by atoms with Crippen LogP contribution in [0.15, 0.2) is 29.5 Å². The Kier molecular flexibility index (Phi) is 3.30. The van der Waals surface area contributed by atoms with Crippen LogP contribution in [0.1, 0.15) is 24.5 Å². The predicted molar refractivity (Wildman–Crippen MR) is 76.9 cm³/mol. The number of hydrogen-bond acceptors (Lipinski definition) is 4. The molecule has 0 aromatic carbocycles. The Hall–Kier alpha value is -2.11. The second-order valence-corrected chi connectivity index (χ2v) is 5.34. The molecule has 0 aliphatic carbocycles. The third-order valence-corrected chi connectivity index (χ3v) is 3.95. The minimum atomic E-state index is -0.0243. The van der Waals surface area contributed by atoms with Gasteiger partial charge in [-0.1, -0.05) is 0 Å². The van der Waals surface area contributed by atoms with Crippen molar-refractivity contribution in [1.29, 1.82) is 0 Å². The molecule has 1 fully saturated rings. The van der Waals surface area contributed by atoms with Gasteiger partial charge in [0.05, 0.1) is 5.69 Å². The van der Waals surface area contributed by atoms with Crippen molar-refractivity contribution in [3.63, 3.8) is 0 Å². The first-order chi connectivity index (χ1) is 9.65. The highest BCUT2D eigenvalue weighted by atomic mass is 16.1. The van der Waals surface area contributed by atoms with Gasteiger partial charge in [0.15, 0.2) is 5.82 Å². The van der Waals surface area contributed by atoms with Gasteiger partial charge >= 0.3 is 0 Å². The molecule has 1 aliphatic rings. The van der Waals surface area contributed by atoms with Crippen LogP contribution < -0.4 is 10.5 Å². The monoisotopic (exact) mass is 273 g/mol. The van der Waals surface area contributed by atoms with Crippen LogP contribution in [0.5, 0.6) is 0 Å². The first-order valence-electron chi connectivity index (χ1n) is 6.91. The number of rotatable bonds is 2. The van der Waals surface area contributed by atoms with Crippen molar-refractivity contribution in [2.24, 2.45) is 14.1 Å². The van der Waals surface area contributed by atoms with Gasteiger partial charge in [-0.3, -0.25) is 9.48 Å². The topological polar surface area (TPSA) is 56.0 Å². The molecule has 2 aromatic rings. The molecule has 6 nitrogen and oxygen atoms in total. The third kappa shape index (κ3) is 2.33. The third-order valence-electron chi connectivity index (χ3n) is 3.95. The summed E-state index contributed by atoms with van der Waals surface area (Å²) < 4.78 is 3.42. The standard InChI is InChI=1S/C14H19N5O/c1-17-10-6-15-13(14(17)20)19-8-3-11(4-9-19)12-5-7-18(2)16-12/h5-7,10-11H,3-4,8-9H2,1-2H3. The molecule has 106 valence electrons. The normalized spacial score (nSPS) is 16.6. The van der Waals surface area contributed by atoms with E-state index in [4.69, 9.17) is 0 Å². The summed E-state index contributed by atoms with van der Waals surface area (Å²) in [6.07, 6.45) is 7.37. The quantitative estimate of drug-likeness (QED) is 0.815. The minimum Gasteiger partial charge on any atom is -0.352 e. The zero-order valence-electron chi connectivity index (χ0n) is 11.9. The van der Waals surface area contributed by atoms with E-state index in [9.17, 15) is 4.79 Å². The number of hydrogen-bond donors (Lipinski definition) is 0. The summed E-state index contributed by atoms with van der Waals surface area (Å²) in [5, 5.41) is 4.48. The predicted octanol–water partition coefficient (Wildman–Crippen LogP) is 0.898. The molecule has 0 unspecified atom stereocenters. The van der Waals surface area contributed by atoms with E-state index in [1.54, 1.807) is 24.0 Å². The van der Waals surface area contributed by atoms with Crippen molar-refractivity contribution in [1.82, 2.24) is 19.3 Å². The maximum atomic E-state index is 12.1. The van der Waals surface area contributed by atoms with E-state index in [0.29, 0.717) is 11.7 Å². The highest BCUT2D eigenvalue weighted by molar-refractivity contribution is 5.36. The summed E-state index contributed by atoms with van der Waals surface area (Å²) in [6.45, 7) is 1.71. The van der Waals surface area contributed by atoms with E-state index in [-0.39, 0.29) is 5.56 Å². The molecule has 0 saturated carbocycles. The summed E-state index contributed by atoms with van der Waals surface area (Å²) in [5.74, 6) is 1.05. The Morgan fingerprint density at radius 2 is 1.95 bits per heavy atom. The van der Waals surface area contributed by atoms with Gasteiger partial charge in [-0.05, 0) is 18.9 Å². The lowest BCUT2D eigenvalue weighted by molar-refractivity contribution is 0.487. The van der Waals surface area contributed by atoms with Gasteiger partial charge < -0.3 is 9.47 Å². The molecule has 0 spiro atoms. The van der Waals surface area contributed by atoms with Crippen molar-refractivity contribution < 1.29 is 0 Å². The van der Waals surface area contributed by atoms with Gasteiger partial charge in [0.2, 0.25) is 0 Å². The average Bonchev–Trinajstić information content (AvgIpc) is 2.89. The lowest BCUT2D eigenvalue weighted by atomic mass is 9.94. The molecule has 3 rings (SSSR count). The van der Waals surface area contributed by atoms with Crippen LogP contribution in [-0.4, -0.2) is 32.4 Å². The first-order valence-corrected chi connectivity index (χ1v) is 6.91. The van der Waals surface area contributed by atoms with Crippen LogP contribution in [0.25, 0.3) is 0 Å². The van der Waals surface area contributed by atoms with Gasteiger partial charge in [-0.2, -0.15) is 5.10 Å². The molecule has 2 aromatic heterocycles. The zero-order valence-corrected chi connectivity index (χ0v) is 11.9. The fourth-order valence-electron chi connectivity index (χ4n) is 2.74. The molecule has 0 radical (unpaired) electrons. The van der Waals surface area contributed by atoms with Crippen LogP contribution in [0.3, 0.4) is 0 Å². The summed E-state index contributed by atoms with van der Waals surface area (Å²) >= 11 is 0. The van der Waals surface area contributed by atoms with Crippen LogP contribution in [0.2, 0.25) is 0 Å². The summed E-state index contributed by atoms with van der Waals surface area (Å²) in [7, 11) is 3.70. The number of aryl methyl sites for hydroxylation is 2. The lowest BCUT2D eigenvalue weighted by Crippen LogP contribution is -2.38. The Balaban J connectivity index is 1.72. The molecule has 0 N–H and O–H groups in total. The molecule has 6 heteroatoms.